The number of rotatable bonds is 7. The number of ether oxygens (including phenoxy) is 3. The molecule has 2 aliphatic heterocycles. The fourth-order valence-electron chi connectivity index (χ4n) is 5.23. The first kappa shape index (κ1) is 23.7. The summed E-state index contributed by atoms with van der Waals surface area (Å²) < 4.78 is 16.8. The molecule has 3 atom stereocenters. The Balaban J connectivity index is 1.52. The molecule has 6 nitrogen and oxygen atoms in total. The van der Waals surface area contributed by atoms with Crippen LogP contribution in [0.2, 0.25) is 0 Å². The molecule has 0 saturated carbocycles. The predicted octanol–water partition coefficient (Wildman–Crippen LogP) is 5.29. The molecule has 35 heavy (non-hydrogen) atoms. The Hall–Kier alpha value is -3.06. The third-order valence-electron chi connectivity index (χ3n) is 6.85. The van der Waals surface area contributed by atoms with Gasteiger partial charge in [0.05, 0.1) is 0 Å². The largest absolute Gasteiger partial charge is 0.464 e. The second-order valence-corrected chi connectivity index (χ2v) is 10.4. The monoisotopic (exact) mass is 491 g/mol. The summed E-state index contributed by atoms with van der Waals surface area (Å²) in [4.78, 5) is 31.9. The number of ketones is 1. The Morgan fingerprint density at radius 2 is 1.89 bits per heavy atom. The molecular weight excluding hydrogens is 462 g/mol. The molecule has 0 aromatic heterocycles. The summed E-state index contributed by atoms with van der Waals surface area (Å²) in [5, 5.41) is 0. The molecule has 0 fully saturated rings. The minimum Gasteiger partial charge on any atom is -0.464 e. The van der Waals surface area contributed by atoms with Gasteiger partial charge >= 0.3 is 5.97 Å². The Morgan fingerprint density at radius 3 is 2.69 bits per heavy atom. The number of Topliss-reactive ketones (excluding diaryl/α,β-unsaturated/α-hetero) is 1. The standard InChI is InChI=1S/C28H29NO5S/c1-3-35-12-11-32-28(31)25-17(2)29-21-13-20(18-7-5-4-6-8-18)14-22(30)27(21)26(25)19-9-10-23-24(15-19)34-16-33-23/h4-10,15,20,25-26H,3,11-14,16H2,1-2H3/t20-,25?,26-/m1/s1. The summed E-state index contributed by atoms with van der Waals surface area (Å²) >= 11 is 1.72. The fourth-order valence-corrected chi connectivity index (χ4v) is 5.72. The molecule has 0 radical (unpaired) electrons. The zero-order valence-corrected chi connectivity index (χ0v) is 20.8. The van der Waals surface area contributed by atoms with Crippen molar-refractivity contribution in [2.24, 2.45) is 10.9 Å². The number of nitrogens with zero attached hydrogens (tertiary/aromatic N) is 1. The van der Waals surface area contributed by atoms with E-state index in [-0.39, 0.29) is 24.5 Å². The van der Waals surface area contributed by atoms with Crippen LogP contribution in [0.5, 0.6) is 11.5 Å². The molecule has 2 aromatic rings. The number of hydrogen-bond acceptors (Lipinski definition) is 7. The maximum Gasteiger partial charge on any atom is 0.315 e. The maximum absolute atomic E-state index is 13.7. The average Bonchev–Trinajstić information content (AvgIpc) is 3.34. The highest BCUT2D eigenvalue weighted by molar-refractivity contribution is 7.99. The van der Waals surface area contributed by atoms with Crippen LogP contribution in [0.15, 0.2) is 64.8 Å². The van der Waals surface area contributed by atoms with Gasteiger partial charge in [0.1, 0.15) is 12.5 Å². The molecule has 5 rings (SSSR count). The molecule has 1 unspecified atom stereocenters. The first-order chi connectivity index (χ1) is 17.1. The summed E-state index contributed by atoms with van der Waals surface area (Å²) in [5.74, 6) is 1.66. The van der Waals surface area contributed by atoms with Gasteiger partial charge < -0.3 is 14.2 Å². The van der Waals surface area contributed by atoms with Crippen LogP contribution >= 0.6 is 11.8 Å². The van der Waals surface area contributed by atoms with Crippen molar-refractivity contribution in [3.05, 3.63) is 70.9 Å². The lowest BCUT2D eigenvalue weighted by atomic mass is 9.69. The Labute approximate surface area is 209 Å². The van der Waals surface area contributed by atoms with Crippen molar-refractivity contribution < 1.29 is 23.8 Å². The highest BCUT2D eigenvalue weighted by Gasteiger charge is 2.45. The summed E-state index contributed by atoms with van der Waals surface area (Å²) in [5.41, 5.74) is 4.07. The van der Waals surface area contributed by atoms with Crippen LogP contribution in [-0.2, 0) is 14.3 Å². The normalized spacial score (nSPS) is 23.1. The second kappa shape index (κ2) is 10.3. The molecule has 2 aromatic carbocycles. The van der Waals surface area contributed by atoms with Crippen LogP contribution in [0.4, 0.5) is 0 Å². The van der Waals surface area contributed by atoms with Crippen molar-refractivity contribution >= 4 is 29.2 Å². The first-order valence-corrected chi connectivity index (χ1v) is 13.2. The number of esters is 1. The van der Waals surface area contributed by atoms with E-state index in [4.69, 9.17) is 19.2 Å². The third-order valence-corrected chi connectivity index (χ3v) is 7.71. The lowest BCUT2D eigenvalue weighted by molar-refractivity contribution is -0.145. The number of fused-ring (bicyclic) bond motifs is 1. The highest BCUT2D eigenvalue weighted by atomic mass is 32.2. The van der Waals surface area contributed by atoms with Gasteiger partial charge in [0, 0.05) is 35.1 Å². The van der Waals surface area contributed by atoms with Gasteiger partial charge in [-0.2, -0.15) is 11.8 Å². The van der Waals surface area contributed by atoms with Gasteiger partial charge in [-0.05, 0) is 48.3 Å². The van der Waals surface area contributed by atoms with Crippen molar-refractivity contribution in [2.45, 2.75) is 38.5 Å². The minimum absolute atomic E-state index is 0.0401. The van der Waals surface area contributed by atoms with Gasteiger partial charge in [0.2, 0.25) is 6.79 Å². The summed E-state index contributed by atoms with van der Waals surface area (Å²) in [6.45, 7) is 4.44. The van der Waals surface area contributed by atoms with E-state index >= 15 is 0 Å². The van der Waals surface area contributed by atoms with Crippen LogP contribution in [-0.4, -0.2) is 42.4 Å². The zero-order chi connectivity index (χ0) is 24.4. The average molecular weight is 492 g/mol. The Kier molecular flexibility index (Phi) is 6.95. The van der Waals surface area contributed by atoms with Crippen LogP contribution in [0.25, 0.3) is 0 Å². The van der Waals surface area contributed by atoms with E-state index in [9.17, 15) is 9.59 Å². The number of carbonyl (C=O) groups excluding carboxylic acids is 2. The smallest absolute Gasteiger partial charge is 0.315 e. The summed E-state index contributed by atoms with van der Waals surface area (Å²) in [6, 6.07) is 15.8. The summed E-state index contributed by atoms with van der Waals surface area (Å²) in [7, 11) is 0. The van der Waals surface area contributed by atoms with Crippen LogP contribution in [0.1, 0.15) is 49.7 Å². The topological polar surface area (TPSA) is 74.2 Å². The molecular formula is C28H29NO5S. The van der Waals surface area contributed by atoms with Crippen LogP contribution in [0.3, 0.4) is 0 Å². The molecule has 3 aliphatic rings. The quantitative estimate of drug-likeness (QED) is 0.387. The Bertz CT molecular complexity index is 1190. The van der Waals surface area contributed by atoms with Gasteiger partial charge in [-0.25, -0.2) is 0 Å². The molecule has 0 bridgehead atoms. The molecule has 182 valence electrons. The molecule has 1 aliphatic carbocycles. The molecule has 0 saturated heterocycles. The fraction of sp³-hybridized carbons (Fsp3) is 0.393. The molecule has 0 N–H and O–H groups in total. The highest BCUT2D eigenvalue weighted by Crippen LogP contribution is 2.48. The number of hydrogen-bond donors (Lipinski definition) is 0. The first-order valence-electron chi connectivity index (χ1n) is 12.1. The molecule has 7 heteroatoms. The van der Waals surface area contributed by atoms with Crippen molar-refractivity contribution in [2.75, 3.05) is 24.9 Å². The molecule has 0 amide bonds. The SMILES string of the molecule is CCSCCOC(=O)C1C(C)=NC2=C(C(=O)C[C@H](c3ccccc3)C2)[C@@H]1c1ccc2c(c1)OCO2. The van der Waals surface area contributed by atoms with Crippen molar-refractivity contribution in [1.29, 1.82) is 0 Å². The molecule has 0 spiro atoms. The van der Waals surface area contributed by atoms with Gasteiger partial charge in [-0.1, -0.05) is 43.3 Å². The van der Waals surface area contributed by atoms with E-state index in [0.29, 0.717) is 42.2 Å². The number of thioether (sulfide) groups is 1. The molecule has 2 heterocycles. The Morgan fingerprint density at radius 1 is 1.09 bits per heavy atom. The predicted molar refractivity (Wildman–Crippen MR) is 136 cm³/mol. The van der Waals surface area contributed by atoms with Crippen LogP contribution < -0.4 is 9.47 Å². The van der Waals surface area contributed by atoms with E-state index < -0.39 is 11.8 Å². The maximum atomic E-state index is 13.7. The summed E-state index contributed by atoms with van der Waals surface area (Å²) in [6.07, 6.45) is 1.06. The van der Waals surface area contributed by atoms with Gasteiger partial charge in [-0.3, -0.25) is 14.6 Å². The lowest BCUT2D eigenvalue weighted by Crippen LogP contribution is -2.38. The number of benzene rings is 2. The van der Waals surface area contributed by atoms with Gasteiger partial charge in [0.15, 0.2) is 17.3 Å². The number of carbonyl (C=O) groups is 2. The van der Waals surface area contributed by atoms with E-state index in [1.165, 1.54) is 0 Å². The van der Waals surface area contributed by atoms with Crippen molar-refractivity contribution in [3.63, 3.8) is 0 Å². The second-order valence-electron chi connectivity index (χ2n) is 8.99. The number of allylic oxidation sites excluding steroid dienone is 2. The third kappa shape index (κ3) is 4.74. The zero-order valence-electron chi connectivity index (χ0n) is 20.0. The lowest BCUT2D eigenvalue weighted by Gasteiger charge is -2.36. The minimum atomic E-state index is -0.655. The van der Waals surface area contributed by atoms with E-state index in [2.05, 4.69) is 19.1 Å². The van der Waals surface area contributed by atoms with Gasteiger partial charge in [0.25, 0.3) is 0 Å². The van der Waals surface area contributed by atoms with Crippen LogP contribution in [0, 0.1) is 5.92 Å². The van der Waals surface area contributed by atoms with Crippen molar-refractivity contribution in [1.82, 2.24) is 0 Å². The van der Waals surface area contributed by atoms with E-state index in [1.54, 1.807) is 11.8 Å². The van der Waals surface area contributed by atoms with Crippen molar-refractivity contribution in [3.8, 4) is 11.5 Å². The van der Waals surface area contributed by atoms with Gasteiger partial charge in [-0.15, -0.1) is 0 Å². The van der Waals surface area contributed by atoms with E-state index in [0.717, 1.165) is 28.3 Å². The number of aliphatic imine (C=N–C) groups is 1. The van der Waals surface area contributed by atoms with E-state index in [1.807, 2.05) is 43.3 Å².